The first-order chi connectivity index (χ1) is 13.5. The fraction of sp³-hybridized carbons (Fsp3) is 0.200. The molecule has 0 aliphatic rings. The van der Waals surface area contributed by atoms with Gasteiger partial charge in [0, 0.05) is 11.3 Å². The Morgan fingerprint density at radius 3 is 2.64 bits per heavy atom. The van der Waals surface area contributed by atoms with E-state index in [0.717, 1.165) is 16.8 Å². The predicted molar refractivity (Wildman–Crippen MR) is 105 cm³/mol. The van der Waals surface area contributed by atoms with Crippen molar-refractivity contribution < 1.29 is 14.3 Å². The highest BCUT2D eigenvalue weighted by atomic mass is 16.5. The van der Waals surface area contributed by atoms with Crippen LogP contribution in [0.25, 0.3) is 0 Å². The Balaban J connectivity index is 1.64. The van der Waals surface area contributed by atoms with Gasteiger partial charge in [0.05, 0.1) is 13.5 Å². The molecule has 144 valence electrons. The van der Waals surface area contributed by atoms with Gasteiger partial charge < -0.3 is 20.5 Å². The van der Waals surface area contributed by atoms with E-state index >= 15 is 0 Å². The number of para-hydroxylation sites is 1. The van der Waals surface area contributed by atoms with Gasteiger partial charge in [0.1, 0.15) is 5.75 Å². The lowest BCUT2D eigenvalue weighted by Crippen LogP contribution is -2.13. The molecule has 0 radical (unpaired) electrons. The number of carbonyl (C=O) groups is 1. The molecule has 0 aliphatic carbocycles. The standard InChI is InChI=1S/C20H21N5O3/c1-13-8-9-16(27-2)14(10-13)11-18(26)28-12-17-23-19(21)25-20(24-17)22-15-6-4-3-5-7-15/h3-10H,11-12H2,1-2H3,(H3,21,22,23,24,25). The van der Waals surface area contributed by atoms with Crippen LogP contribution in [0.1, 0.15) is 17.0 Å². The number of carbonyl (C=O) groups excluding carboxylic acids is 1. The highest BCUT2D eigenvalue weighted by Gasteiger charge is 2.12. The molecule has 1 heterocycles. The molecule has 28 heavy (non-hydrogen) atoms. The fourth-order valence-corrected chi connectivity index (χ4v) is 2.61. The fourth-order valence-electron chi connectivity index (χ4n) is 2.61. The summed E-state index contributed by atoms with van der Waals surface area (Å²) >= 11 is 0. The normalized spacial score (nSPS) is 10.4. The summed E-state index contributed by atoms with van der Waals surface area (Å²) in [7, 11) is 1.56. The third-order valence-electron chi connectivity index (χ3n) is 3.86. The van der Waals surface area contributed by atoms with Crippen LogP contribution >= 0.6 is 0 Å². The lowest BCUT2D eigenvalue weighted by Gasteiger charge is -2.10. The van der Waals surface area contributed by atoms with Gasteiger partial charge in [-0.3, -0.25) is 4.79 Å². The maximum Gasteiger partial charge on any atom is 0.310 e. The van der Waals surface area contributed by atoms with Crippen molar-refractivity contribution >= 4 is 23.6 Å². The summed E-state index contributed by atoms with van der Waals surface area (Å²) in [5.41, 5.74) is 8.34. The van der Waals surface area contributed by atoms with Crippen molar-refractivity contribution in [3.05, 3.63) is 65.5 Å². The minimum Gasteiger partial charge on any atom is -0.496 e. The molecular weight excluding hydrogens is 358 g/mol. The number of hydrogen-bond acceptors (Lipinski definition) is 8. The van der Waals surface area contributed by atoms with Gasteiger partial charge in [-0.25, -0.2) is 0 Å². The average Bonchev–Trinajstić information content (AvgIpc) is 2.67. The molecule has 8 heteroatoms. The van der Waals surface area contributed by atoms with Crippen molar-refractivity contribution in [1.29, 1.82) is 0 Å². The zero-order chi connectivity index (χ0) is 19.9. The van der Waals surface area contributed by atoms with Crippen LogP contribution in [0.3, 0.4) is 0 Å². The minimum absolute atomic E-state index is 0.0415. The summed E-state index contributed by atoms with van der Waals surface area (Å²) in [5, 5.41) is 3.03. The minimum atomic E-state index is -0.416. The van der Waals surface area contributed by atoms with Gasteiger partial charge in [-0.15, -0.1) is 0 Å². The first kappa shape index (κ1) is 19.1. The molecule has 0 spiro atoms. The van der Waals surface area contributed by atoms with Crippen molar-refractivity contribution in [2.45, 2.75) is 20.0 Å². The summed E-state index contributed by atoms with van der Waals surface area (Å²) in [6.07, 6.45) is 0.0839. The summed E-state index contributed by atoms with van der Waals surface area (Å²) in [4.78, 5) is 24.5. The van der Waals surface area contributed by atoms with E-state index in [0.29, 0.717) is 5.75 Å². The number of ether oxygens (including phenoxy) is 2. The van der Waals surface area contributed by atoms with Crippen LogP contribution in [0.2, 0.25) is 0 Å². The Bertz CT molecular complexity index is 963. The van der Waals surface area contributed by atoms with Crippen LogP contribution in [-0.4, -0.2) is 28.0 Å². The molecule has 0 unspecified atom stereocenters. The van der Waals surface area contributed by atoms with E-state index in [9.17, 15) is 4.79 Å². The number of nitrogen functional groups attached to an aromatic ring is 1. The second-order valence-corrected chi connectivity index (χ2v) is 6.08. The van der Waals surface area contributed by atoms with Gasteiger partial charge in [0.2, 0.25) is 11.9 Å². The van der Waals surface area contributed by atoms with Gasteiger partial charge in [-0.2, -0.15) is 15.0 Å². The Morgan fingerprint density at radius 2 is 1.89 bits per heavy atom. The molecule has 3 rings (SSSR count). The third kappa shape index (κ3) is 5.16. The second-order valence-electron chi connectivity index (χ2n) is 6.08. The number of benzene rings is 2. The molecule has 0 saturated carbocycles. The van der Waals surface area contributed by atoms with Crippen LogP contribution in [0, 0.1) is 6.92 Å². The van der Waals surface area contributed by atoms with Crippen molar-refractivity contribution in [3.63, 3.8) is 0 Å². The van der Waals surface area contributed by atoms with Crippen molar-refractivity contribution in [1.82, 2.24) is 15.0 Å². The van der Waals surface area contributed by atoms with E-state index in [1.54, 1.807) is 7.11 Å². The summed E-state index contributed by atoms with van der Waals surface area (Å²) in [6.45, 7) is 1.84. The Morgan fingerprint density at radius 1 is 1.11 bits per heavy atom. The molecule has 0 amide bonds. The van der Waals surface area contributed by atoms with Crippen LogP contribution in [0.4, 0.5) is 17.6 Å². The number of nitrogens with zero attached hydrogens (tertiary/aromatic N) is 3. The molecule has 0 atom stereocenters. The van der Waals surface area contributed by atoms with E-state index in [1.807, 2.05) is 55.5 Å². The largest absolute Gasteiger partial charge is 0.496 e. The number of aryl methyl sites for hydroxylation is 1. The smallest absolute Gasteiger partial charge is 0.310 e. The molecule has 8 nitrogen and oxygen atoms in total. The Kier molecular flexibility index (Phi) is 6.01. The number of methoxy groups -OCH3 is 1. The van der Waals surface area contributed by atoms with Gasteiger partial charge in [0.25, 0.3) is 0 Å². The SMILES string of the molecule is COc1ccc(C)cc1CC(=O)OCc1nc(N)nc(Nc2ccccc2)n1. The maximum atomic E-state index is 12.2. The molecule has 2 aromatic carbocycles. The number of nitrogens with one attached hydrogen (secondary N) is 1. The van der Waals surface area contributed by atoms with Crippen LogP contribution < -0.4 is 15.8 Å². The molecule has 3 N–H and O–H groups in total. The molecule has 0 saturated heterocycles. The number of aromatic nitrogens is 3. The summed E-state index contributed by atoms with van der Waals surface area (Å²) < 4.78 is 10.6. The number of hydrogen-bond donors (Lipinski definition) is 2. The molecular formula is C20H21N5O3. The first-order valence-corrected chi connectivity index (χ1v) is 8.65. The summed E-state index contributed by atoms with van der Waals surface area (Å²) in [6, 6.07) is 15.0. The Hall–Kier alpha value is -3.68. The predicted octanol–water partition coefficient (Wildman–Crippen LogP) is 2.80. The van der Waals surface area contributed by atoms with Gasteiger partial charge in [0.15, 0.2) is 12.4 Å². The maximum absolute atomic E-state index is 12.2. The molecule has 0 fully saturated rings. The molecule has 1 aromatic heterocycles. The zero-order valence-corrected chi connectivity index (χ0v) is 15.7. The van der Waals surface area contributed by atoms with Crippen molar-refractivity contribution in [3.8, 4) is 5.75 Å². The molecule has 0 bridgehead atoms. The van der Waals surface area contributed by atoms with Crippen LogP contribution in [-0.2, 0) is 22.6 Å². The topological polar surface area (TPSA) is 112 Å². The van der Waals surface area contributed by atoms with Gasteiger partial charge >= 0.3 is 5.97 Å². The summed E-state index contributed by atoms with van der Waals surface area (Å²) in [5.74, 6) is 0.808. The lowest BCUT2D eigenvalue weighted by atomic mass is 10.1. The van der Waals surface area contributed by atoms with Crippen LogP contribution in [0.15, 0.2) is 48.5 Å². The number of nitrogens with two attached hydrogens (primary N) is 1. The van der Waals surface area contributed by atoms with Crippen LogP contribution in [0.5, 0.6) is 5.75 Å². The molecule has 0 aliphatic heterocycles. The zero-order valence-electron chi connectivity index (χ0n) is 15.7. The second kappa shape index (κ2) is 8.81. The van der Waals surface area contributed by atoms with E-state index in [4.69, 9.17) is 15.2 Å². The highest BCUT2D eigenvalue weighted by molar-refractivity contribution is 5.73. The number of rotatable bonds is 7. The first-order valence-electron chi connectivity index (χ1n) is 8.65. The van der Waals surface area contributed by atoms with Crippen molar-refractivity contribution in [2.24, 2.45) is 0 Å². The van der Waals surface area contributed by atoms with Crippen molar-refractivity contribution in [2.75, 3.05) is 18.2 Å². The monoisotopic (exact) mass is 379 g/mol. The third-order valence-corrected chi connectivity index (χ3v) is 3.86. The van der Waals surface area contributed by atoms with Gasteiger partial charge in [-0.1, -0.05) is 35.9 Å². The van der Waals surface area contributed by atoms with E-state index in [1.165, 1.54) is 0 Å². The number of esters is 1. The van der Waals surface area contributed by atoms with E-state index in [2.05, 4.69) is 20.3 Å². The van der Waals surface area contributed by atoms with E-state index in [-0.39, 0.29) is 30.7 Å². The molecule has 3 aromatic rings. The highest BCUT2D eigenvalue weighted by Crippen LogP contribution is 2.20. The number of anilines is 3. The lowest BCUT2D eigenvalue weighted by molar-refractivity contribution is -0.144. The van der Waals surface area contributed by atoms with E-state index < -0.39 is 5.97 Å². The quantitative estimate of drug-likeness (QED) is 0.603. The Labute approximate surface area is 162 Å². The average molecular weight is 379 g/mol. The van der Waals surface area contributed by atoms with Gasteiger partial charge in [-0.05, 0) is 25.1 Å².